The molecule has 1 atom stereocenters. The van der Waals surface area contributed by atoms with Crippen molar-refractivity contribution >= 4 is 21.6 Å². The molecule has 1 amide bonds. The van der Waals surface area contributed by atoms with Crippen LogP contribution in [0.25, 0.3) is 0 Å². The lowest BCUT2D eigenvalue weighted by Gasteiger charge is -2.25. The monoisotopic (exact) mass is 424 g/mol. The third kappa shape index (κ3) is 5.17. The van der Waals surface area contributed by atoms with Crippen LogP contribution in [-0.4, -0.2) is 41.1 Å². The van der Waals surface area contributed by atoms with Crippen molar-refractivity contribution in [1.82, 2.24) is 5.32 Å². The van der Waals surface area contributed by atoms with Gasteiger partial charge in [0.1, 0.15) is 12.4 Å². The summed E-state index contributed by atoms with van der Waals surface area (Å²) in [6.07, 6.45) is 0.674. The molecule has 29 heavy (non-hydrogen) atoms. The van der Waals surface area contributed by atoms with Gasteiger partial charge in [0, 0.05) is 12.1 Å². The highest BCUT2D eigenvalue weighted by Gasteiger charge is 2.30. The molecule has 0 aliphatic rings. The van der Waals surface area contributed by atoms with E-state index < -0.39 is 28.3 Å². The van der Waals surface area contributed by atoms with Crippen LogP contribution in [0.5, 0.6) is 11.5 Å². The summed E-state index contributed by atoms with van der Waals surface area (Å²) < 4.78 is 52.2. The van der Waals surface area contributed by atoms with Gasteiger partial charge in [-0.15, -0.1) is 0 Å². The quantitative estimate of drug-likeness (QED) is 0.669. The van der Waals surface area contributed by atoms with Crippen molar-refractivity contribution < 1.29 is 27.1 Å². The van der Waals surface area contributed by atoms with Crippen LogP contribution in [0.1, 0.15) is 20.3 Å². The van der Waals surface area contributed by atoms with Crippen molar-refractivity contribution in [2.24, 2.45) is 0 Å². The minimum atomic E-state index is -4.27. The molecule has 2 aromatic rings. The number of nitrogens with one attached hydrogen (secondary N) is 1. The van der Waals surface area contributed by atoms with Gasteiger partial charge in [0.05, 0.1) is 24.8 Å². The molecule has 1 unspecified atom stereocenters. The number of carbonyl (C=O) groups excluding carboxylic acids is 1. The number of halogens is 1. The molecule has 7 nitrogen and oxygen atoms in total. The Balaban J connectivity index is 2.52. The molecule has 0 saturated heterocycles. The summed E-state index contributed by atoms with van der Waals surface area (Å²) >= 11 is 0. The second-order valence-corrected chi connectivity index (χ2v) is 8.22. The third-order valence-corrected chi connectivity index (χ3v) is 6.13. The van der Waals surface area contributed by atoms with Crippen molar-refractivity contribution in [1.29, 1.82) is 0 Å². The Bertz CT molecular complexity index is 965. The number of anilines is 1. The van der Waals surface area contributed by atoms with E-state index in [-0.39, 0.29) is 22.4 Å². The number of methoxy groups -OCH3 is 2. The van der Waals surface area contributed by atoms with E-state index in [9.17, 15) is 17.6 Å². The van der Waals surface area contributed by atoms with Gasteiger partial charge in [-0.2, -0.15) is 0 Å². The number of nitrogens with zero attached hydrogens (tertiary/aromatic N) is 1. The van der Waals surface area contributed by atoms with Gasteiger partial charge in [-0.1, -0.05) is 19.1 Å². The van der Waals surface area contributed by atoms with Crippen LogP contribution in [0.2, 0.25) is 0 Å². The number of rotatable bonds is 9. The number of hydrogen-bond donors (Lipinski definition) is 1. The molecule has 0 spiro atoms. The van der Waals surface area contributed by atoms with E-state index in [0.717, 1.165) is 10.4 Å². The normalized spacial score (nSPS) is 12.2. The first-order chi connectivity index (χ1) is 13.7. The first kappa shape index (κ1) is 22.5. The summed E-state index contributed by atoms with van der Waals surface area (Å²) in [5.74, 6) is -0.746. The minimum absolute atomic E-state index is 0.145. The average Bonchev–Trinajstić information content (AvgIpc) is 2.71. The summed E-state index contributed by atoms with van der Waals surface area (Å²) in [4.78, 5) is 12.3. The van der Waals surface area contributed by atoms with Gasteiger partial charge in [0.15, 0.2) is 11.5 Å². The standard InChI is InChI=1S/C20H25FN2O5S/c1-5-14(2)22-20(24)13-23(17-9-7-6-8-16(17)21)29(25,26)15-10-11-18(27-3)19(12-15)28-4/h6-12,14H,5,13H2,1-4H3,(H,22,24). The lowest BCUT2D eigenvalue weighted by molar-refractivity contribution is -0.120. The maximum atomic E-state index is 14.4. The van der Waals surface area contributed by atoms with Crippen LogP contribution in [0.3, 0.4) is 0 Å². The summed E-state index contributed by atoms with van der Waals surface area (Å²) in [6, 6.07) is 9.27. The SMILES string of the molecule is CCC(C)NC(=O)CN(c1ccccc1F)S(=O)(=O)c1ccc(OC)c(OC)c1. The van der Waals surface area contributed by atoms with Crippen LogP contribution >= 0.6 is 0 Å². The zero-order valence-electron chi connectivity index (χ0n) is 16.8. The van der Waals surface area contributed by atoms with Crippen LogP contribution < -0.4 is 19.1 Å². The number of sulfonamides is 1. The Morgan fingerprint density at radius 2 is 1.79 bits per heavy atom. The van der Waals surface area contributed by atoms with Crippen molar-refractivity contribution in [2.75, 3.05) is 25.1 Å². The minimum Gasteiger partial charge on any atom is -0.493 e. The second-order valence-electron chi connectivity index (χ2n) is 6.36. The molecule has 0 aromatic heterocycles. The highest BCUT2D eigenvalue weighted by molar-refractivity contribution is 7.92. The lowest BCUT2D eigenvalue weighted by atomic mass is 10.2. The van der Waals surface area contributed by atoms with Gasteiger partial charge in [0.25, 0.3) is 10.0 Å². The van der Waals surface area contributed by atoms with E-state index >= 15 is 0 Å². The summed E-state index contributed by atoms with van der Waals surface area (Å²) in [5, 5.41) is 2.70. The van der Waals surface area contributed by atoms with Gasteiger partial charge in [-0.25, -0.2) is 12.8 Å². The highest BCUT2D eigenvalue weighted by atomic mass is 32.2. The van der Waals surface area contributed by atoms with Crippen molar-refractivity contribution in [3.05, 3.63) is 48.3 Å². The Morgan fingerprint density at radius 3 is 2.38 bits per heavy atom. The fourth-order valence-electron chi connectivity index (χ4n) is 2.61. The molecule has 0 aliphatic carbocycles. The second kappa shape index (κ2) is 9.60. The fraction of sp³-hybridized carbons (Fsp3) is 0.350. The van der Waals surface area contributed by atoms with Gasteiger partial charge >= 0.3 is 0 Å². The molecule has 0 radical (unpaired) electrons. The maximum absolute atomic E-state index is 14.4. The topological polar surface area (TPSA) is 84.9 Å². The molecule has 0 aliphatic heterocycles. The molecule has 0 fully saturated rings. The molecule has 2 rings (SSSR count). The Hall–Kier alpha value is -2.81. The maximum Gasteiger partial charge on any atom is 0.265 e. The average molecular weight is 424 g/mol. The third-order valence-electron chi connectivity index (χ3n) is 4.37. The molecule has 0 heterocycles. The van der Waals surface area contributed by atoms with E-state index in [2.05, 4.69) is 5.32 Å². The van der Waals surface area contributed by atoms with Gasteiger partial charge in [0.2, 0.25) is 5.91 Å². The van der Waals surface area contributed by atoms with Crippen LogP contribution in [-0.2, 0) is 14.8 Å². The Morgan fingerprint density at radius 1 is 1.14 bits per heavy atom. The number of ether oxygens (including phenoxy) is 2. The predicted molar refractivity (Wildman–Crippen MR) is 108 cm³/mol. The smallest absolute Gasteiger partial charge is 0.265 e. The summed E-state index contributed by atoms with van der Waals surface area (Å²) in [7, 11) is -1.47. The van der Waals surface area contributed by atoms with E-state index in [1.807, 2.05) is 6.92 Å². The molecule has 0 saturated carbocycles. The van der Waals surface area contributed by atoms with Crippen LogP contribution in [0.15, 0.2) is 47.4 Å². The predicted octanol–water partition coefficient (Wildman–Crippen LogP) is 2.95. The summed E-state index contributed by atoms with van der Waals surface area (Å²) in [5.41, 5.74) is -0.221. The van der Waals surface area contributed by atoms with Crippen molar-refractivity contribution in [3.8, 4) is 11.5 Å². The molecule has 158 valence electrons. The molecule has 1 N–H and O–H groups in total. The van der Waals surface area contributed by atoms with Gasteiger partial charge in [-0.05, 0) is 37.6 Å². The van der Waals surface area contributed by atoms with Crippen LogP contribution in [0.4, 0.5) is 10.1 Å². The zero-order chi connectivity index (χ0) is 21.6. The van der Waals surface area contributed by atoms with Crippen molar-refractivity contribution in [2.45, 2.75) is 31.2 Å². The zero-order valence-corrected chi connectivity index (χ0v) is 17.6. The fourth-order valence-corrected chi connectivity index (χ4v) is 4.06. The number of benzene rings is 2. The number of amides is 1. The Labute approximate surface area is 170 Å². The van der Waals surface area contributed by atoms with Crippen molar-refractivity contribution in [3.63, 3.8) is 0 Å². The summed E-state index contributed by atoms with van der Waals surface area (Å²) in [6.45, 7) is 3.12. The molecule has 9 heteroatoms. The first-order valence-electron chi connectivity index (χ1n) is 9.03. The van der Waals surface area contributed by atoms with Gasteiger partial charge < -0.3 is 14.8 Å². The van der Waals surface area contributed by atoms with E-state index in [0.29, 0.717) is 12.2 Å². The number of carbonyl (C=O) groups is 1. The van der Waals surface area contributed by atoms with E-state index in [1.165, 1.54) is 50.6 Å². The lowest BCUT2D eigenvalue weighted by Crippen LogP contribution is -2.43. The Kier molecular flexibility index (Phi) is 7.44. The largest absolute Gasteiger partial charge is 0.493 e. The first-order valence-corrected chi connectivity index (χ1v) is 10.5. The van der Waals surface area contributed by atoms with Gasteiger partial charge in [-0.3, -0.25) is 9.10 Å². The molecule has 2 aromatic carbocycles. The van der Waals surface area contributed by atoms with E-state index in [4.69, 9.17) is 9.47 Å². The molecular formula is C20H25FN2O5S. The number of hydrogen-bond acceptors (Lipinski definition) is 5. The molecular weight excluding hydrogens is 399 g/mol. The highest BCUT2D eigenvalue weighted by Crippen LogP contribution is 2.32. The van der Waals surface area contributed by atoms with Crippen LogP contribution in [0, 0.1) is 5.82 Å². The molecule has 0 bridgehead atoms. The number of para-hydroxylation sites is 1. The van der Waals surface area contributed by atoms with E-state index in [1.54, 1.807) is 6.92 Å².